The molecule has 0 spiro atoms. The van der Waals surface area contributed by atoms with Gasteiger partial charge in [0.15, 0.2) is 5.79 Å². The van der Waals surface area contributed by atoms with Crippen molar-refractivity contribution < 1.29 is 14.9 Å². The molecule has 0 saturated carbocycles. The van der Waals surface area contributed by atoms with Crippen molar-refractivity contribution in [3.05, 3.63) is 47.3 Å². The summed E-state index contributed by atoms with van der Waals surface area (Å²) >= 11 is 0. The maximum absolute atomic E-state index is 10.5. The lowest BCUT2D eigenvalue weighted by atomic mass is 10.0. The first-order valence-corrected chi connectivity index (χ1v) is 11.6. The largest absolute Gasteiger partial charge is 0.401 e. The summed E-state index contributed by atoms with van der Waals surface area (Å²) < 4.78 is 5.89. The normalized spacial score (nSPS) is 14.9. The number of unbranched alkanes of at least 4 members (excludes halogenated alkanes) is 4. The molecule has 0 bridgehead atoms. The molecule has 5 heteroatoms. The predicted octanol–water partition coefficient (Wildman–Crippen LogP) is 4.97. The van der Waals surface area contributed by atoms with Gasteiger partial charge in [0.2, 0.25) is 0 Å². The summed E-state index contributed by atoms with van der Waals surface area (Å²) in [6, 6.07) is 10.1. The van der Waals surface area contributed by atoms with Crippen LogP contribution in [0.3, 0.4) is 0 Å². The first-order chi connectivity index (χ1) is 14.3. The highest BCUT2D eigenvalue weighted by Gasteiger charge is 2.21. The summed E-state index contributed by atoms with van der Waals surface area (Å²) in [6.45, 7) is 8.12. The molecule has 0 aliphatic rings. The fourth-order valence-electron chi connectivity index (χ4n) is 3.54. The van der Waals surface area contributed by atoms with Crippen LogP contribution >= 0.6 is 0 Å². The maximum Gasteiger partial charge on any atom is 0.160 e. The number of aliphatic hydroxyl groups excluding tert-OH is 1. The van der Waals surface area contributed by atoms with Gasteiger partial charge in [-0.15, -0.1) is 0 Å². The van der Waals surface area contributed by atoms with Crippen LogP contribution in [0.2, 0.25) is 0 Å². The van der Waals surface area contributed by atoms with Crippen molar-refractivity contribution in [2.45, 2.75) is 110 Å². The van der Waals surface area contributed by atoms with Crippen molar-refractivity contribution in [2.24, 2.45) is 5.73 Å². The summed E-state index contributed by atoms with van der Waals surface area (Å²) in [5.74, 6) is -1.16. The number of rotatable bonds is 16. The molecular weight excluding hydrogens is 376 g/mol. The molecule has 0 amide bonds. The van der Waals surface area contributed by atoms with Crippen LogP contribution in [-0.4, -0.2) is 28.2 Å². The van der Waals surface area contributed by atoms with Gasteiger partial charge in [-0.3, -0.25) is 0 Å². The van der Waals surface area contributed by atoms with Gasteiger partial charge in [0.1, 0.15) is 0 Å². The Hall–Kier alpha value is -1.56. The first kappa shape index (κ1) is 26.5. The number of nitrogens with one attached hydrogen (secondary N) is 1. The number of ether oxygens (including phenoxy) is 1. The summed E-state index contributed by atoms with van der Waals surface area (Å²) in [4.78, 5) is 0. The van der Waals surface area contributed by atoms with E-state index in [0.29, 0.717) is 30.8 Å². The van der Waals surface area contributed by atoms with Gasteiger partial charge in [-0.1, -0.05) is 76.3 Å². The second-order valence-electron chi connectivity index (χ2n) is 8.63. The number of benzene rings is 1. The van der Waals surface area contributed by atoms with E-state index < -0.39 is 11.9 Å². The van der Waals surface area contributed by atoms with Gasteiger partial charge in [0.25, 0.3) is 0 Å². The van der Waals surface area contributed by atoms with E-state index in [2.05, 4.69) is 12.2 Å². The van der Waals surface area contributed by atoms with Crippen molar-refractivity contribution in [2.75, 3.05) is 0 Å². The molecular formula is C25H44N2O3. The summed E-state index contributed by atoms with van der Waals surface area (Å²) in [6.07, 6.45) is 8.16. The smallest absolute Gasteiger partial charge is 0.160 e. The van der Waals surface area contributed by atoms with Crippen LogP contribution in [0, 0.1) is 0 Å². The van der Waals surface area contributed by atoms with E-state index in [0.717, 1.165) is 24.8 Å². The molecule has 0 fully saturated rings. The van der Waals surface area contributed by atoms with Gasteiger partial charge >= 0.3 is 0 Å². The van der Waals surface area contributed by atoms with Crippen LogP contribution in [0.1, 0.15) is 91.0 Å². The van der Waals surface area contributed by atoms with Crippen LogP contribution in [0.25, 0.3) is 0 Å². The Morgan fingerprint density at radius 3 is 2.33 bits per heavy atom. The van der Waals surface area contributed by atoms with E-state index in [1.807, 2.05) is 37.3 Å². The lowest BCUT2D eigenvalue weighted by Gasteiger charge is -2.27. The van der Waals surface area contributed by atoms with E-state index in [9.17, 15) is 10.2 Å². The quantitative estimate of drug-likeness (QED) is 0.224. The minimum atomic E-state index is -1.16. The van der Waals surface area contributed by atoms with Gasteiger partial charge in [0, 0.05) is 12.2 Å². The van der Waals surface area contributed by atoms with Crippen LogP contribution in [0.15, 0.2) is 41.7 Å². The molecule has 1 rings (SSSR count). The average molecular weight is 421 g/mol. The molecule has 0 heterocycles. The Labute approximate surface area is 183 Å². The molecule has 1 aromatic rings. The molecule has 5 nitrogen and oxygen atoms in total. The average Bonchev–Trinajstić information content (AvgIpc) is 2.71. The topological polar surface area (TPSA) is 87.7 Å². The highest BCUT2D eigenvalue weighted by atomic mass is 16.6. The van der Waals surface area contributed by atoms with Gasteiger partial charge in [-0.25, -0.2) is 0 Å². The third kappa shape index (κ3) is 11.6. The third-order valence-electron chi connectivity index (χ3n) is 5.21. The fraction of sp³-hybridized carbons (Fsp3) is 0.680. The molecule has 0 radical (unpaired) electrons. The molecule has 30 heavy (non-hydrogen) atoms. The molecule has 0 saturated heterocycles. The molecule has 0 aliphatic heterocycles. The third-order valence-corrected chi connectivity index (χ3v) is 5.21. The van der Waals surface area contributed by atoms with Gasteiger partial charge in [0.05, 0.1) is 17.9 Å². The zero-order chi connectivity index (χ0) is 22.4. The van der Waals surface area contributed by atoms with Crippen molar-refractivity contribution in [3.8, 4) is 0 Å². The van der Waals surface area contributed by atoms with Crippen molar-refractivity contribution >= 4 is 0 Å². The molecule has 0 aromatic heterocycles. The standard InChI is InChI=1S/C25H44N2O3/c1-5-7-8-9-13-16-21(30-25(3,4)29)17-18-22(26)24(23(28)6-2)27-19-20-14-11-10-12-15-20/h10-12,14-15,21,23,27-29H,5-9,13,16-19,26H2,1-4H3/b24-22-. The van der Waals surface area contributed by atoms with Gasteiger partial charge in [-0.05, 0) is 45.1 Å². The van der Waals surface area contributed by atoms with Crippen LogP contribution < -0.4 is 11.1 Å². The molecule has 1 aromatic carbocycles. The Balaban J connectivity index is 2.72. The minimum absolute atomic E-state index is 0.0562. The maximum atomic E-state index is 10.5. The van der Waals surface area contributed by atoms with Crippen LogP contribution in [0.4, 0.5) is 0 Å². The van der Waals surface area contributed by atoms with E-state index in [4.69, 9.17) is 10.5 Å². The van der Waals surface area contributed by atoms with Gasteiger partial charge in [-0.2, -0.15) is 0 Å². The van der Waals surface area contributed by atoms with Crippen LogP contribution in [-0.2, 0) is 11.3 Å². The van der Waals surface area contributed by atoms with E-state index >= 15 is 0 Å². The highest BCUT2D eigenvalue weighted by Crippen LogP contribution is 2.21. The first-order valence-electron chi connectivity index (χ1n) is 11.6. The zero-order valence-electron chi connectivity index (χ0n) is 19.5. The second kappa shape index (κ2) is 14.4. The molecule has 0 aliphatic carbocycles. The van der Waals surface area contributed by atoms with Crippen molar-refractivity contribution in [1.29, 1.82) is 0 Å². The summed E-state index contributed by atoms with van der Waals surface area (Å²) in [5, 5.41) is 23.9. The SMILES string of the molecule is CCCCCCCC(CC/C(N)=C(/NCc1ccccc1)C(O)CC)OC(C)(C)O. The molecule has 2 unspecified atom stereocenters. The minimum Gasteiger partial charge on any atom is -0.401 e. The Morgan fingerprint density at radius 1 is 1.07 bits per heavy atom. The number of nitrogens with two attached hydrogens (primary N) is 1. The number of allylic oxidation sites excluding steroid dienone is 1. The zero-order valence-corrected chi connectivity index (χ0v) is 19.5. The Bertz CT molecular complexity index is 596. The second-order valence-corrected chi connectivity index (χ2v) is 8.63. The lowest BCUT2D eigenvalue weighted by molar-refractivity contribution is -0.208. The Morgan fingerprint density at radius 2 is 1.73 bits per heavy atom. The number of hydrogen-bond acceptors (Lipinski definition) is 5. The van der Waals surface area contributed by atoms with E-state index in [1.54, 1.807) is 13.8 Å². The number of hydrogen-bond donors (Lipinski definition) is 4. The molecule has 5 N–H and O–H groups in total. The Kier molecular flexibility index (Phi) is 12.7. The lowest BCUT2D eigenvalue weighted by Crippen LogP contribution is -2.31. The van der Waals surface area contributed by atoms with Crippen molar-refractivity contribution in [1.82, 2.24) is 5.32 Å². The fourth-order valence-corrected chi connectivity index (χ4v) is 3.54. The van der Waals surface area contributed by atoms with Crippen LogP contribution in [0.5, 0.6) is 0 Å². The summed E-state index contributed by atoms with van der Waals surface area (Å²) in [5.41, 5.74) is 8.91. The predicted molar refractivity (Wildman–Crippen MR) is 125 cm³/mol. The molecule has 172 valence electrons. The number of aliphatic hydroxyl groups is 2. The van der Waals surface area contributed by atoms with E-state index in [1.165, 1.54) is 25.7 Å². The van der Waals surface area contributed by atoms with Crippen molar-refractivity contribution in [3.63, 3.8) is 0 Å². The summed E-state index contributed by atoms with van der Waals surface area (Å²) in [7, 11) is 0. The van der Waals surface area contributed by atoms with Gasteiger partial charge < -0.3 is 26.0 Å². The van der Waals surface area contributed by atoms with E-state index in [-0.39, 0.29) is 6.10 Å². The molecule has 2 atom stereocenters. The monoisotopic (exact) mass is 420 g/mol. The highest BCUT2D eigenvalue weighted by molar-refractivity contribution is 5.19.